The lowest BCUT2D eigenvalue weighted by Gasteiger charge is -2.20. The third kappa shape index (κ3) is 2.19. The van der Waals surface area contributed by atoms with E-state index in [0.717, 1.165) is 16.8 Å². The third-order valence-corrected chi connectivity index (χ3v) is 4.64. The van der Waals surface area contributed by atoms with Crippen LogP contribution in [0.2, 0.25) is 5.02 Å². The second-order valence-electron chi connectivity index (χ2n) is 5.38. The molecule has 6 heteroatoms. The fourth-order valence-electron chi connectivity index (χ4n) is 3.09. The van der Waals surface area contributed by atoms with Crippen molar-refractivity contribution in [2.45, 2.75) is 31.7 Å². The number of nitriles is 1. The molecule has 0 N–H and O–H groups in total. The van der Waals surface area contributed by atoms with Gasteiger partial charge in [0.2, 0.25) is 0 Å². The van der Waals surface area contributed by atoms with Gasteiger partial charge in [0.15, 0.2) is 0 Å². The summed E-state index contributed by atoms with van der Waals surface area (Å²) in [6.45, 7) is 2.16. The van der Waals surface area contributed by atoms with Crippen LogP contribution in [0.3, 0.4) is 0 Å². The fraction of sp³-hybridized carbons (Fsp3) is 0.467. The second kappa shape index (κ2) is 5.28. The van der Waals surface area contributed by atoms with E-state index in [1.165, 1.54) is 0 Å². The maximum Gasteiger partial charge on any atom is 0.123 e. The normalized spacial score (nSPS) is 27.5. The van der Waals surface area contributed by atoms with Gasteiger partial charge in [0, 0.05) is 19.1 Å². The van der Waals surface area contributed by atoms with Gasteiger partial charge in [-0.25, -0.2) is 4.39 Å². The molecule has 3 atom stereocenters. The zero-order chi connectivity index (χ0) is 15.1. The Morgan fingerprint density at radius 1 is 1.52 bits per heavy atom. The number of hydrogen-bond acceptors (Lipinski definition) is 4. The van der Waals surface area contributed by atoms with Crippen LogP contribution >= 0.6 is 11.6 Å². The molecule has 110 valence electrons. The number of hydrogen-bond donors (Lipinski definition) is 0. The molecular formula is C15H15ClFN3O. The third-order valence-electron chi connectivity index (χ3n) is 4.16. The van der Waals surface area contributed by atoms with Crippen molar-refractivity contribution in [2.75, 3.05) is 13.7 Å². The van der Waals surface area contributed by atoms with Gasteiger partial charge in [-0.15, -0.1) is 0 Å². The van der Waals surface area contributed by atoms with E-state index >= 15 is 0 Å². The molecule has 1 fully saturated rings. The second-order valence-corrected chi connectivity index (χ2v) is 5.75. The monoisotopic (exact) mass is 307 g/mol. The number of benzene rings is 1. The van der Waals surface area contributed by atoms with Crippen molar-refractivity contribution >= 4 is 17.3 Å². The molecule has 0 aliphatic carbocycles. The van der Waals surface area contributed by atoms with Gasteiger partial charge in [0.25, 0.3) is 0 Å². The van der Waals surface area contributed by atoms with Gasteiger partial charge in [-0.05, 0) is 18.6 Å². The SMILES string of the molecule is CO[C@@H]1C(c2ccc(C#N)c(Cl)c2C)=NN2C[C@H](F)C[C@@H]12. The first-order chi connectivity index (χ1) is 10.1. The predicted octanol–water partition coefficient (Wildman–Crippen LogP) is 2.67. The molecule has 1 aromatic rings. The Kier molecular flexibility index (Phi) is 3.60. The summed E-state index contributed by atoms with van der Waals surface area (Å²) in [7, 11) is 1.61. The summed E-state index contributed by atoms with van der Waals surface area (Å²) in [6.07, 6.45) is -0.703. The summed E-state index contributed by atoms with van der Waals surface area (Å²) in [5, 5.41) is 15.7. The lowest BCUT2D eigenvalue weighted by molar-refractivity contribution is 0.0985. The summed E-state index contributed by atoms with van der Waals surface area (Å²) < 4.78 is 19.0. The predicted molar refractivity (Wildman–Crippen MR) is 78.2 cm³/mol. The molecule has 0 amide bonds. The van der Waals surface area contributed by atoms with E-state index in [2.05, 4.69) is 11.2 Å². The molecular weight excluding hydrogens is 293 g/mol. The Morgan fingerprint density at radius 2 is 2.29 bits per heavy atom. The maximum absolute atomic E-state index is 13.5. The van der Waals surface area contributed by atoms with Gasteiger partial charge in [0.05, 0.1) is 28.9 Å². The summed E-state index contributed by atoms with van der Waals surface area (Å²) in [4.78, 5) is 0. The number of fused-ring (bicyclic) bond motifs is 1. The van der Waals surface area contributed by atoms with E-state index in [9.17, 15) is 4.39 Å². The Morgan fingerprint density at radius 3 is 2.95 bits per heavy atom. The zero-order valence-electron chi connectivity index (χ0n) is 11.8. The van der Waals surface area contributed by atoms with Crippen molar-refractivity contribution in [3.05, 3.63) is 33.8 Å². The van der Waals surface area contributed by atoms with Gasteiger partial charge in [-0.2, -0.15) is 10.4 Å². The van der Waals surface area contributed by atoms with E-state index in [0.29, 0.717) is 23.6 Å². The van der Waals surface area contributed by atoms with Crippen LogP contribution in [-0.2, 0) is 4.74 Å². The average molecular weight is 308 g/mol. The van der Waals surface area contributed by atoms with Gasteiger partial charge in [-0.1, -0.05) is 17.7 Å². The number of halogens is 2. The van der Waals surface area contributed by atoms with Gasteiger partial charge in [-0.3, -0.25) is 5.01 Å². The van der Waals surface area contributed by atoms with Crippen LogP contribution in [0.5, 0.6) is 0 Å². The first-order valence-electron chi connectivity index (χ1n) is 6.78. The Labute approximate surface area is 127 Å². The minimum absolute atomic E-state index is 0.0613. The Balaban J connectivity index is 2.03. The highest BCUT2D eigenvalue weighted by Crippen LogP contribution is 2.34. The van der Waals surface area contributed by atoms with E-state index in [4.69, 9.17) is 21.6 Å². The number of methoxy groups -OCH3 is 1. The van der Waals surface area contributed by atoms with Crippen LogP contribution in [-0.4, -0.2) is 42.7 Å². The number of alkyl halides is 1. The number of nitrogens with zero attached hydrogens (tertiary/aromatic N) is 3. The molecule has 0 radical (unpaired) electrons. The van der Waals surface area contributed by atoms with Crippen LogP contribution in [0.4, 0.5) is 4.39 Å². The summed E-state index contributed by atoms with van der Waals surface area (Å²) in [5.74, 6) is 0. The molecule has 0 spiro atoms. The minimum Gasteiger partial charge on any atom is -0.373 e. The standard InChI is InChI=1S/C15H15ClFN3O/c1-8-11(4-3-9(6-18)13(8)16)14-15(21-2)12-5-10(17)7-20(12)19-14/h3-4,10,12,15H,5,7H2,1-2H3/t10-,12+,15+/m1/s1. The average Bonchev–Trinajstić information content (AvgIpc) is 2.97. The molecule has 2 aliphatic rings. The Bertz CT molecular complexity index is 655. The van der Waals surface area contributed by atoms with Crippen molar-refractivity contribution in [1.82, 2.24) is 5.01 Å². The molecule has 2 aliphatic heterocycles. The largest absolute Gasteiger partial charge is 0.373 e. The smallest absolute Gasteiger partial charge is 0.123 e. The molecule has 4 nitrogen and oxygen atoms in total. The van der Waals surface area contributed by atoms with E-state index in [1.54, 1.807) is 18.2 Å². The van der Waals surface area contributed by atoms with Crippen molar-refractivity contribution in [1.29, 1.82) is 5.26 Å². The van der Waals surface area contributed by atoms with Gasteiger partial charge >= 0.3 is 0 Å². The molecule has 21 heavy (non-hydrogen) atoms. The zero-order valence-corrected chi connectivity index (χ0v) is 12.6. The molecule has 0 aromatic heterocycles. The van der Waals surface area contributed by atoms with Crippen LogP contribution in [0.15, 0.2) is 17.2 Å². The highest BCUT2D eigenvalue weighted by atomic mass is 35.5. The quantitative estimate of drug-likeness (QED) is 0.844. The number of ether oxygens (including phenoxy) is 1. The summed E-state index contributed by atoms with van der Waals surface area (Å²) in [6, 6.07) is 5.52. The molecule has 3 rings (SSSR count). The maximum atomic E-state index is 13.5. The molecule has 0 unspecified atom stereocenters. The fourth-order valence-corrected chi connectivity index (χ4v) is 3.30. The molecule has 0 bridgehead atoms. The van der Waals surface area contributed by atoms with Crippen molar-refractivity contribution in [2.24, 2.45) is 5.10 Å². The van der Waals surface area contributed by atoms with Crippen LogP contribution in [0, 0.1) is 18.3 Å². The van der Waals surface area contributed by atoms with Crippen LogP contribution in [0.1, 0.15) is 23.1 Å². The van der Waals surface area contributed by atoms with Crippen molar-refractivity contribution < 1.29 is 9.13 Å². The molecule has 0 saturated carbocycles. The van der Waals surface area contributed by atoms with E-state index in [1.807, 2.05) is 13.0 Å². The molecule has 1 saturated heterocycles. The Hall–Kier alpha value is -1.64. The first-order valence-corrected chi connectivity index (χ1v) is 7.16. The van der Waals surface area contributed by atoms with Crippen molar-refractivity contribution in [3.8, 4) is 6.07 Å². The topological polar surface area (TPSA) is 48.6 Å². The van der Waals surface area contributed by atoms with E-state index < -0.39 is 6.17 Å². The van der Waals surface area contributed by atoms with E-state index in [-0.39, 0.29) is 12.1 Å². The lowest BCUT2D eigenvalue weighted by Crippen LogP contribution is -2.35. The first kappa shape index (κ1) is 14.3. The highest BCUT2D eigenvalue weighted by molar-refractivity contribution is 6.33. The van der Waals surface area contributed by atoms with Crippen molar-refractivity contribution in [3.63, 3.8) is 0 Å². The number of hydrazone groups is 1. The molecule has 2 heterocycles. The summed E-state index contributed by atoms with van der Waals surface area (Å²) in [5.41, 5.74) is 2.86. The van der Waals surface area contributed by atoms with Gasteiger partial charge in [0.1, 0.15) is 18.3 Å². The minimum atomic E-state index is -0.858. The number of rotatable bonds is 2. The molecule has 1 aromatic carbocycles. The van der Waals surface area contributed by atoms with Gasteiger partial charge < -0.3 is 4.74 Å². The lowest BCUT2D eigenvalue weighted by atomic mass is 9.95. The van der Waals surface area contributed by atoms with Crippen LogP contribution < -0.4 is 0 Å². The highest BCUT2D eigenvalue weighted by Gasteiger charge is 2.45. The summed E-state index contributed by atoms with van der Waals surface area (Å²) >= 11 is 6.22. The van der Waals surface area contributed by atoms with Crippen LogP contribution in [0.25, 0.3) is 0 Å².